The molecule has 0 atom stereocenters. The Kier molecular flexibility index (Phi) is 4.76. The van der Waals surface area contributed by atoms with E-state index in [0.717, 1.165) is 16.0 Å². The SMILES string of the molecule is CCNC(=O)CCn1cnc2scc(-c3ccc(C)cc3)c2c1=O. The first-order chi connectivity index (χ1) is 11.6. The minimum Gasteiger partial charge on any atom is -0.356 e. The van der Waals surface area contributed by atoms with E-state index in [-0.39, 0.29) is 17.9 Å². The molecule has 0 spiro atoms. The fourth-order valence-electron chi connectivity index (χ4n) is 2.58. The number of fused-ring (bicyclic) bond motifs is 1. The number of carbonyl (C=O) groups excluding carboxylic acids is 1. The zero-order valence-electron chi connectivity index (χ0n) is 13.7. The zero-order valence-corrected chi connectivity index (χ0v) is 14.5. The molecule has 1 N–H and O–H groups in total. The summed E-state index contributed by atoms with van der Waals surface area (Å²) in [6.45, 7) is 4.83. The summed E-state index contributed by atoms with van der Waals surface area (Å²) in [4.78, 5) is 29.5. The highest BCUT2D eigenvalue weighted by Gasteiger charge is 2.13. The average Bonchev–Trinajstić information content (AvgIpc) is 3.00. The van der Waals surface area contributed by atoms with Crippen LogP contribution < -0.4 is 10.9 Å². The molecule has 0 saturated heterocycles. The quantitative estimate of drug-likeness (QED) is 0.776. The number of amides is 1. The van der Waals surface area contributed by atoms with E-state index in [1.807, 2.05) is 43.5 Å². The number of rotatable bonds is 5. The van der Waals surface area contributed by atoms with E-state index in [1.165, 1.54) is 27.8 Å². The first-order valence-corrected chi connectivity index (χ1v) is 8.78. The van der Waals surface area contributed by atoms with Gasteiger partial charge in [-0.1, -0.05) is 29.8 Å². The largest absolute Gasteiger partial charge is 0.356 e. The lowest BCUT2D eigenvalue weighted by Gasteiger charge is -2.06. The summed E-state index contributed by atoms with van der Waals surface area (Å²) in [5.41, 5.74) is 2.99. The van der Waals surface area contributed by atoms with Crippen molar-refractivity contribution in [2.24, 2.45) is 0 Å². The zero-order chi connectivity index (χ0) is 17.1. The first kappa shape index (κ1) is 16.4. The summed E-state index contributed by atoms with van der Waals surface area (Å²) < 4.78 is 1.52. The second kappa shape index (κ2) is 6.97. The molecule has 124 valence electrons. The fourth-order valence-corrected chi connectivity index (χ4v) is 3.49. The van der Waals surface area contributed by atoms with Gasteiger partial charge in [0.15, 0.2) is 0 Å². The lowest BCUT2D eigenvalue weighted by molar-refractivity contribution is -0.121. The Morgan fingerprint density at radius 1 is 1.29 bits per heavy atom. The number of hydrogen-bond acceptors (Lipinski definition) is 4. The molecule has 0 radical (unpaired) electrons. The molecular weight excluding hydrogens is 322 g/mol. The Hall–Kier alpha value is -2.47. The highest BCUT2D eigenvalue weighted by atomic mass is 32.1. The summed E-state index contributed by atoms with van der Waals surface area (Å²) in [6.07, 6.45) is 1.80. The average molecular weight is 341 g/mol. The van der Waals surface area contributed by atoms with Gasteiger partial charge in [-0.05, 0) is 19.4 Å². The van der Waals surface area contributed by atoms with Crippen LogP contribution >= 0.6 is 11.3 Å². The van der Waals surface area contributed by atoms with Crippen molar-refractivity contribution in [3.63, 3.8) is 0 Å². The number of aromatic nitrogens is 2. The normalized spacial score (nSPS) is 10.9. The Balaban J connectivity index is 1.98. The van der Waals surface area contributed by atoms with Gasteiger partial charge in [0.25, 0.3) is 5.56 Å². The summed E-state index contributed by atoms with van der Waals surface area (Å²) in [5.74, 6) is -0.0615. The van der Waals surface area contributed by atoms with Gasteiger partial charge in [-0.3, -0.25) is 14.2 Å². The van der Waals surface area contributed by atoms with Crippen LogP contribution in [0.1, 0.15) is 18.9 Å². The third kappa shape index (κ3) is 3.23. The number of thiophene rings is 1. The lowest BCUT2D eigenvalue weighted by atomic mass is 10.1. The number of hydrogen-bond donors (Lipinski definition) is 1. The summed E-state index contributed by atoms with van der Waals surface area (Å²) in [6, 6.07) is 8.09. The van der Waals surface area contributed by atoms with Gasteiger partial charge in [0.1, 0.15) is 4.83 Å². The van der Waals surface area contributed by atoms with E-state index in [0.29, 0.717) is 18.5 Å². The molecule has 0 fully saturated rings. The van der Waals surface area contributed by atoms with Crippen molar-refractivity contribution in [2.45, 2.75) is 26.8 Å². The molecule has 0 aliphatic heterocycles. The molecule has 3 rings (SSSR count). The van der Waals surface area contributed by atoms with E-state index in [4.69, 9.17) is 0 Å². The van der Waals surface area contributed by atoms with Gasteiger partial charge < -0.3 is 5.32 Å². The minimum atomic E-state index is -0.0962. The molecule has 5 nitrogen and oxygen atoms in total. The monoisotopic (exact) mass is 341 g/mol. The van der Waals surface area contributed by atoms with E-state index >= 15 is 0 Å². The van der Waals surface area contributed by atoms with Crippen LogP contribution in [0.5, 0.6) is 0 Å². The van der Waals surface area contributed by atoms with E-state index in [9.17, 15) is 9.59 Å². The van der Waals surface area contributed by atoms with Crippen molar-refractivity contribution in [3.8, 4) is 11.1 Å². The van der Waals surface area contributed by atoms with Crippen LogP contribution in [-0.2, 0) is 11.3 Å². The van der Waals surface area contributed by atoms with Crippen LogP contribution in [-0.4, -0.2) is 22.0 Å². The van der Waals surface area contributed by atoms with Crippen LogP contribution in [0.15, 0.2) is 40.8 Å². The van der Waals surface area contributed by atoms with Crippen LogP contribution in [0, 0.1) is 6.92 Å². The predicted molar refractivity (Wildman–Crippen MR) is 97.4 cm³/mol. The van der Waals surface area contributed by atoms with Crippen molar-refractivity contribution in [2.75, 3.05) is 6.54 Å². The molecule has 0 aliphatic rings. The summed E-state index contributed by atoms with van der Waals surface area (Å²) >= 11 is 1.46. The van der Waals surface area contributed by atoms with Crippen LogP contribution in [0.25, 0.3) is 21.3 Å². The van der Waals surface area contributed by atoms with Crippen molar-refractivity contribution in [1.29, 1.82) is 0 Å². The highest BCUT2D eigenvalue weighted by molar-refractivity contribution is 7.17. The standard InChI is InChI=1S/C18H19N3O2S/c1-3-19-15(22)8-9-21-11-20-17-16(18(21)23)14(10-24-17)13-6-4-12(2)5-7-13/h4-7,10-11H,3,8-9H2,1-2H3,(H,19,22). The van der Waals surface area contributed by atoms with Crippen molar-refractivity contribution < 1.29 is 4.79 Å². The fraction of sp³-hybridized carbons (Fsp3) is 0.278. The number of nitrogens with zero attached hydrogens (tertiary/aromatic N) is 2. The topological polar surface area (TPSA) is 64.0 Å². The van der Waals surface area contributed by atoms with Crippen LogP contribution in [0.4, 0.5) is 0 Å². The van der Waals surface area contributed by atoms with Gasteiger partial charge in [-0.25, -0.2) is 4.98 Å². The Morgan fingerprint density at radius 3 is 2.75 bits per heavy atom. The maximum atomic E-state index is 12.8. The van der Waals surface area contributed by atoms with Gasteiger partial charge in [0.05, 0.1) is 11.7 Å². The minimum absolute atomic E-state index is 0.0615. The molecule has 0 aliphatic carbocycles. The molecule has 24 heavy (non-hydrogen) atoms. The molecule has 2 aromatic heterocycles. The molecule has 2 heterocycles. The van der Waals surface area contributed by atoms with Crippen molar-refractivity contribution in [3.05, 3.63) is 51.9 Å². The molecule has 6 heteroatoms. The number of aryl methyl sites for hydroxylation is 2. The molecule has 0 saturated carbocycles. The third-order valence-corrected chi connectivity index (χ3v) is 4.76. The van der Waals surface area contributed by atoms with Gasteiger partial charge in [-0.2, -0.15) is 0 Å². The predicted octanol–water partition coefficient (Wildman–Crippen LogP) is 2.96. The number of benzene rings is 1. The number of carbonyl (C=O) groups is 1. The Labute approximate surface area is 144 Å². The lowest BCUT2D eigenvalue weighted by Crippen LogP contribution is -2.27. The molecular formula is C18H19N3O2S. The Bertz CT molecular complexity index is 926. The second-order valence-corrected chi connectivity index (χ2v) is 6.50. The summed E-state index contributed by atoms with van der Waals surface area (Å²) in [5, 5.41) is 5.33. The van der Waals surface area contributed by atoms with Gasteiger partial charge in [0, 0.05) is 30.5 Å². The molecule has 3 aromatic rings. The molecule has 0 bridgehead atoms. The van der Waals surface area contributed by atoms with Gasteiger partial charge in [-0.15, -0.1) is 11.3 Å². The molecule has 1 amide bonds. The van der Waals surface area contributed by atoms with E-state index in [1.54, 1.807) is 0 Å². The first-order valence-electron chi connectivity index (χ1n) is 7.90. The molecule has 1 aromatic carbocycles. The van der Waals surface area contributed by atoms with Crippen LogP contribution in [0.2, 0.25) is 0 Å². The maximum absolute atomic E-state index is 12.8. The van der Waals surface area contributed by atoms with Gasteiger partial charge in [0.2, 0.25) is 5.91 Å². The smallest absolute Gasteiger partial charge is 0.262 e. The summed E-state index contributed by atoms with van der Waals surface area (Å²) in [7, 11) is 0. The van der Waals surface area contributed by atoms with Crippen LogP contribution in [0.3, 0.4) is 0 Å². The van der Waals surface area contributed by atoms with Crippen molar-refractivity contribution in [1.82, 2.24) is 14.9 Å². The van der Waals surface area contributed by atoms with E-state index < -0.39 is 0 Å². The second-order valence-electron chi connectivity index (χ2n) is 5.64. The van der Waals surface area contributed by atoms with E-state index in [2.05, 4.69) is 10.3 Å². The Morgan fingerprint density at radius 2 is 2.04 bits per heavy atom. The van der Waals surface area contributed by atoms with Crippen molar-refractivity contribution >= 4 is 27.5 Å². The molecule has 0 unspecified atom stereocenters. The van der Waals surface area contributed by atoms with Gasteiger partial charge >= 0.3 is 0 Å². The number of nitrogens with one attached hydrogen (secondary N) is 1. The maximum Gasteiger partial charge on any atom is 0.262 e. The highest BCUT2D eigenvalue weighted by Crippen LogP contribution is 2.30. The third-order valence-electron chi connectivity index (χ3n) is 3.88.